The van der Waals surface area contributed by atoms with E-state index in [1.54, 1.807) is 0 Å². The molecule has 0 aromatic heterocycles. The van der Waals surface area contributed by atoms with Crippen molar-refractivity contribution in [2.75, 3.05) is 26.2 Å². The molecule has 0 heterocycles. The zero-order valence-electron chi connectivity index (χ0n) is 15.4. The summed E-state index contributed by atoms with van der Waals surface area (Å²) in [5.74, 6) is 0.965. The topological polar surface area (TPSA) is 12.5 Å². The van der Waals surface area contributed by atoms with E-state index < -0.39 is 0 Å². The summed E-state index contributed by atoms with van der Waals surface area (Å²) in [7, 11) is 0. The second kappa shape index (κ2) is 12.6. The molecule has 0 aliphatic heterocycles. The number of hydrogen-bond acceptors (Lipinski definition) is 2. The second-order valence-electron chi connectivity index (χ2n) is 5.86. The second-order valence-corrected chi connectivity index (χ2v) is 5.86. The van der Waals surface area contributed by atoms with Crippen LogP contribution in [0.25, 0.3) is 12.2 Å². The lowest BCUT2D eigenvalue weighted by atomic mass is 10.1. The summed E-state index contributed by atoms with van der Waals surface area (Å²) in [4.78, 5) is 2.45. The Morgan fingerprint density at radius 3 is 2.24 bits per heavy atom. The van der Waals surface area contributed by atoms with Gasteiger partial charge in [0.15, 0.2) is 0 Å². The monoisotopic (exact) mass is 359 g/mol. The molecule has 0 saturated carbocycles. The standard InChI is InChI=1S/C22H29NO.ClH/c1-3-23(4-2)18-10-11-19-24-22-15-9-8-14-21(22)17-16-20-12-6-5-7-13-20;/h5-9,12-17H,3-4,10-11,18-19H2,1-2H3;1H/b17-16+;. The summed E-state index contributed by atoms with van der Waals surface area (Å²) in [5.41, 5.74) is 2.33. The number of ether oxygens (including phenoxy) is 1. The molecule has 0 aliphatic rings. The zero-order chi connectivity index (χ0) is 17.0. The van der Waals surface area contributed by atoms with Gasteiger partial charge in [0.05, 0.1) is 6.61 Å². The zero-order valence-corrected chi connectivity index (χ0v) is 16.2. The number of hydrogen-bond donors (Lipinski definition) is 0. The van der Waals surface area contributed by atoms with Crippen LogP contribution in [0.15, 0.2) is 54.6 Å². The van der Waals surface area contributed by atoms with Crippen molar-refractivity contribution < 1.29 is 4.74 Å². The van der Waals surface area contributed by atoms with Crippen molar-refractivity contribution in [1.29, 1.82) is 0 Å². The molecule has 0 saturated heterocycles. The Labute approximate surface area is 158 Å². The average molecular weight is 360 g/mol. The molecule has 2 aromatic carbocycles. The van der Waals surface area contributed by atoms with Crippen molar-refractivity contribution in [2.24, 2.45) is 0 Å². The highest BCUT2D eigenvalue weighted by molar-refractivity contribution is 5.85. The smallest absolute Gasteiger partial charge is 0.126 e. The molecule has 0 aliphatic carbocycles. The van der Waals surface area contributed by atoms with Crippen molar-refractivity contribution >= 4 is 24.6 Å². The first kappa shape index (κ1) is 21.3. The summed E-state index contributed by atoms with van der Waals surface area (Å²) in [6.07, 6.45) is 6.53. The Kier molecular flexibility index (Phi) is 10.7. The quantitative estimate of drug-likeness (QED) is 0.394. The molecule has 3 heteroatoms. The van der Waals surface area contributed by atoms with E-state index in [4.69, 9.17) is 4.74 Å². The third-order valence-corrected chi connectivity index (χ3v) is 4.19. The first-order valence-corrected chi connectivity index (χ1v) is 9.00. The van der Waals surface area contributed by atoms with Gasteiger partial charge in [-0.2, -0.15) is 0 Å². The van der Waals surface area contributed by atoms with Gasteiger partial charge in [-0.25, -0.2) is 0 Å². The molecule has 2 aromatic rings. The molecule has 2 nitrogen and oxygen atoms in total. The molecule has 0 atom stereocenters. The molecule has 0 spiro atoms. The van der Waals surface area contributed by atoms with Crippen molar-refractivity contribution in [3.05, 3.63) is 65.7 Å². The van der Waals surface area contributed by atoms with Gasteiger partial charge in [0.1, 0.15) is 5.75 Å². The normalized spacial score (nSPS) is 10.8. The number of rotatable bonds is 10. The largest absolute Gasteiger partial charge is 0.493 e. The Bertz CT molecular complexity index is 608. The van der Waals surface area contributed by atoms with E-state index >= 15 is 0 Å². The first-order valence-electron chi connectivity index (χ1n) is 9.00. The minimum atomic E-state index is 0. The van der Waals surface area contributed by atoms with Crippen LogP contribution in [0.1, 0.15) is 37.8 Å². The van der Waals surface area contributed by atoms with E-state index in [0.717, 1.165) is 44.0 Å². The van der Waals surface area contributed by atoms with Gasteiger partial charge in [0.25, 0.3) is 0 Å². The highest BCUT2D eigenvalue weighted by atomic mass is 35.5. The first-order chi connectivity index (χ1) is 11.8. The van der Waals surface area contributed by atoms with E-state index in [2.05, 4.69) is 73.4 Å². The average Bonchev–Trinajstić information content (AvgIpc) is 2.64. The lowest BCUT2D eigenvalue weighted by Gasteiger charge is -2.17. The van der Waals surface area contributed by atoms with Crippen molar-refractivity contribution in [3.63, 3.8) is 0 Å². The van der Waals surface area contributed by atoms with Crippen LogP contribution in [0, 0.1) is 0 Å². The fraction of sp³-hybridized carbons (Fsp3) is 0.364. The maximum atomic E-state index is 6.00. The van der Waals surface area contributed by atoms with Gasteiger partial charge in [0, 0.05) is 5.56 Å². The van der Waals surface area contributed by atoms with Crippen LogP contribution < -0.4 is 4.74 Å². The summed E-state index contributed by atoms with van der Waals surface area (Å²) in [6.45, 7) is 8.63. The summed E-state index contributed by atoms with van der Waals surface area (Å²) >= 11 is 0. The molecule has 0 unspecified atom stereocenters. The van der Waals surface area contributed by atoms with Crippen LogP contribution in [-0.4, -0.2) is 31.1 Å². The fourth-order valence-corrected chi connectivity index (χ4v) is 2.66. The number of para-hydroxylation sites is 1. The molecule has 0 fully saturated rings. The molecule has 25 heavy (non-hydrogen) atoms. The van der Waals surface area contributed by atoms with Crippen LogP contribution in [0.5, 0.6) is 5.75 Å². The fourth-order valence-electron chi connectivity index (χ4n) is 2.66. The lowest BCUT2D eigenvalue weighted by Crippen LogP contribution is -2.24. The van der Waals surface area contributed by atoms with Crippen LogP contribution in [0.2, 0.25) is 0 Å². The minimum absolute atomic E-state index is 0. The van der Waals surface area contributed by atoms with Crippen molar-refractivity contribution in [3.8, 4) is 5.75 Å². The summed E-state index contributed by atoms with van der Waals surface area (Å²) < 4.78 is 6.00. The van der Waals surface area contributed by atoms with Crippen LogP contribution in [0.3, 0.4) is 0 Å². The highest BCUT2D eigenvalue weighted by Gasteiger charge is 2.01. The van der Waals surface area contributed by atoms with Gasteiger partial charge in [-0.05, 0) is 44.1 Å². The van der Waals surface area contributed by atoms with Crippen molar-refractivity contribution in [1.82, 2.24) is 4.90 Å². The van der Waals surface area contributed by atoms with Gasteiger partial charge in [-0.15, -0.1) is 12.4 Å². The molecule has 136 valence electrons. The van der Waals surface area contributed by atoms with Gasteiger partial charge >= 0.3 is 0 Å². The molecule has 2 rings (SSSR count). The molecule has 0 N–H and O–H groups in total. The Morgan fingerprint density at radius 1 is 0.840 bits per heavy atom. The Morgan fingerprint density at radius 2 is 1.52 bits per heavy atom. The van der Waals surface area contributed by atoms with E-state index in [-0.39, 0.29) is 12.4 Å². The predicted molar refractivity (Wildman–Crippen MR) is 112 cm³/mol. The number of halogens is 1. The highest BCUT2D eigenvalue weighted by Crippen LogP contribution is 2.21. The van der Waals surface area contributed by atoms with Crippen LogP contribution in [0.4, 0.5) is 0 Å². The SMILES string of the molecule is CCN(CC)CCCCOc1ccccc1/C=C/c1ccccc1.Cl. The molecule has 0 bridgehead atoms. The molecule has 0 radical (unpaired) electrons. The van der Waals surface area contributed by atoms with Gasteiger partial charge < -0.3 is 9.64 Å². The Hall–Kier alpha value is -1.77. The summed E-state index contributed by atoms with van der Waals surface area (Å²) in [5, 5.41) is 0. The van der Waals surface area contributed by atoms with E-state index in [9.17, 15) is 0 Å². The lowest BCUT2D eigenvalue weighted by molar-refractivity contribution is 0.266. The van der Waals surface area contributed by atoms with Gasteiger partial charge in [-0.1, -0.05) is 74.5 Å². The molecule has 0 amide bonds. The number of benzene rings is 2. The maximum absolute atomic E-state index is 6.00. The number of unbranched alkanes of at least 4 members (excludes halogenated alkanes) is 1. The minimum Gasteiger partial charge on any atom is -0.493 e. The predicted octanol–water partition coefficient (Wildman–Crippen LogP) is 5.78. The van der Waals surface area contributed by atoms with Crippen LogP contribution in [-0.2, 0) is 0 Å². The maximum Gasteiger partial charge on any atom is 0.126 e. The third kappa shape index (κ3) is 7.76. The Balaban J connectivity index is 0.00000312. The number of nitrogens with zero attached hydrogens (tertiary/aromatic N) is 1. The van der Waals surface area contributed by atoms with Crippen LogP contribution >= 0.6 is 12.4 Å². The van der Waals surface area contributed by atoms with E-state index in [0.29, 0.717) is 0 Å². The van der Waals surface area contributed by atoms with E-state index in [1.807, 2.05) is 12.1 Å². The third-order valence-electron chi connectivity index (χ3n) is 4.19. The summed E-state index contributed by atoms with van der Waals surface area (Å²) in [6, 6.07) is 18.6. The van der Waals surface area contributed by atoms with Gasteiger partial charge in [-0.3, -0.25) is 0 Å². The van der Waals surface area contributed by atoms with Gasteiger partial charge in [0.2, 0.25) is 0 Å². The molecular weight excluding hydrogens is 330 g/mol. The van der Waals surface area contributed by atoms with E-state index in [1.165, 1.54) is 12.0 Å². The molecular formula is C22H30ClNO. The van der Waals surface area contributed by atoms with Crippen molar-refractivity contribution in [2.45, 2.75) is 26.7 Å².